The van der Waals surface area contributed by atoms with Gasteiger partial charge in [-0.2, -0.15) is 0 Å². The smallest absolute Gasteiger partial charge is 0.341 e. The zero-order valence-electron chi connectivity index (χ0n) is 16.7. The Morgan fingerprint density at radius 2 is 1.79 bits per heavy atom. The van der Waals surface area contributed by atoms with Gasteiger partial charge in [-0.25, -0.2) is 4.79 Å². The summed E-state index contributed by atoms with van der Waals surface area (Å²) in [5, 5.41) is 3.01. The summed E-state index contributed by atoms with van der Waals surface area (Å²) in [7, 11) is 1.27. The van der Waals surface area contributed by atoms with Gasteiger partial charge in [-0.3, -0.25) is 9.59 Å². The maximum atomic E-state index is 12.8. The molecule has 0 saturated heterocycles. The topological polar surface area (TPSA) is 75.7 Å². The maximum Gasteiger partial charge on any atom is 0.341 e. The van der Waals surface area contributed by atoms with Crippen molar-refractivity contribution in [2.75, 3.05) is 25.5 Å². The van der Waals surface area contributed by atoms with Crippen LogP contribution in [0.2, 0.25) is 0 Å². The quantitative estimate of drug-likeness (QED) is 0.460. The Morgan fingerprint density at radius 1 is 1.17 bits per heavy atom. The number of ether oxygens (including phenoxy) is 1. The van der Waals surface area contributed by atoms with Gasteiger partial charge in [0.05, 0.1) is 17.6 Å². The molecule has 0 atom stereocenters. The SMILES string of the molecule is CCN(CC)C(=O)c1sc(NC(=O)/C=C/c2ccc(Br)cc2)c(C(=O)OC)c1C. The number of hydrogen-bond acceptors (Lipinski definition) is 5. The lowest BCUT2D eigenvalue weighted by molar-refractivity contribution is -0.111. The second-order valence-corrected chi connectivity index (χ2v) is 8.04. The van der Waals surface area contributed by atoms with Gasteiger partial charge in [0.25, 0.3) is 5.91 Å². The number of benzene rings is 1. The van der Waals surface area contributed by atoms with Gasteiger partial charge in [0, 0.05) is 23.6 Å². The third-order valence-electron chi connectivity index (χ3n) is 4.32. The highest BCUT2D eigenvalue weighted by Gasteiger charge is 2.27. The summed E-state index contributed by atoms with van der Waals surface area (Å²) in [4.78, 5) is 39.5. The average molecular weight is 479 g/mol. The molecule has 29 heavy (non-hydrogen) atoms. The van der Waals surface area contributed by atoms with Crippen LogP contribution in [0.25, 0.3) is 6.08 Å². The van der Waals surface area contributed by atoms with Crippen molar-refractivity contribution in [3.05, 3.63) is 56.4 Å². The van der Waals surface area contributed by atoms with Crippen molar-refractivity contribution in [2.45, 2.75) is 20.8 Å². The van der Waals surface area contributed by atoms with Crippen molar-refractivity contribution in [2.24, 2.45) is 0 Å². The summed E-state index contributed by atoms with van der Waals surface area (Å²) < 4.78 is 5.80. The second kappa shape index (κ2) is 10.4. The van der Waals surface area contributed by atoms with E-state index in [4.69, 9.17) is 4.74 Å². The predicted molar refractivity (Wildman–Crippen MR) is 119 cm³/mol. The molecule has 0 fully saturated rings. The molecule has 2 rings (SSSR count). The Labute approximate surface area is 182 Å². The van der Waals surface area contributed by atoms with Crippen LogP contribution in [0.15, 0.2) is 34.8 Å². The Balaban J connectivity index is 2.31. The van der Waals surface area contributed by atoms with Gasteiger partial charge in [0.1, 0.15) is 5.00 Å². The van der Waals surface area contributed by atoms with Gasteiger partial charge < -0.3 is 15.0 Å². The molecule has 0 saturated carbocycles. The highest BCUT2D eigenvalue weighted by atomic mass is 79.9. The number of esters is 1. The van der Waals surface area contributed by atoms with Crippen LogP contribution >= 0.6 is 27.3 Å². The molecule has 1 N–H and O–H groups in total. The van der Waals surface area contributed by atoms with Crippen LogP contribution in [0.3, 0.4) is 0 Å². The summed E-state index contributed by atoms with van der Waals surface area (Å²) in [5.74, 6) is -1.17. The molecule has 0 radical (unpaired) electrons. The second-order valence-electron chi connectivity index (χ2n) is 6.10. The molecule has 0 bridgehead atoms. The van der Waals surface area contributed by atoms with Crippen molar-refractivity contribution >= 4 is 56.1 Å². The zero-order valence-corrected chi connectivity index (χ0v) is 19.1. The molecule has 1 aromatic carbocycles. The van der Waals surface area contributed by atoms with Crippen LogP contribution in [0, 0.1) is 6.92 Å². The number of methoxy groups -OCH3 is 1. The predicted octanol–water partition coefficient (Wildman–Crippen LogP) is 4.74. The lowest BCUT2D eigenvalue weighted by Gasteiger charge is -2.17. The number of halogens is 1. The van der Waals surface area contributed by atoms with Crippen LogP contribution in [-0.2, 0) is 9.53 Å². The number of carbonyl (C=O) groups is 3. The third-order valence-corrected chi connectivity index (χ3v) is 6.04. The van der Waals surface area contributed by atoms with Gasteiger partial charge >= 0.3 is 5.97 Å². The summed E-state index contributed by atoms with van der Waals surface area (Å²) in [6.45, 7) is 6.57. The first-order chi connectivity index (χ1) is 13.8. The van der Waals surface area contributed by atoms with E-state index in [1.165, 1.54) is 13.2 Å². The highest BCUT2D eigenvalue weighted by molar-refractivity contribution is 9.10. The first kappa shape index (κ1) is 22.8. The average Bonchev–Trinajstić information content (AvgIpc) is 3.03. The Bertz CT molecular complexity index is 931. The molecule has 2 aromatic rings. The lowest BCUT2D eigenvalue weighted by Crippen LogP contribution is -2.30. The third kappa shape index (κ3) is 5.55. The Hall–Kier alpha value is -2.45. The van der Waals surface area contributed by atoms with Crippen molar-refractivity contribution in [3.8, 4) is 0 Å². The molecule has 8 heteroatoms. The summed E-state index contributed by atoms with van der Waals surface area (Å²) in [6.07, 6.45) is 3.05. The van der Waals surface area contributed by atoms with Gasteiger partial charge in [0.2, 0.25) is 5.91 Å². The standard InChI is InChI=1S/C21H23BrN2O4S/c1-5-24(6-2)20(26)18-13(3)17(21(27)28-4)19(29-18)23-16(25)12-9-14-7-10-15(22)11-8-14/h7-12H,5-6H2,1-4H3,(H,23,25)/b12-9+. The number of hydrogen-bond donors (Lipinski definition) is 1. The van der Waals surface area contributed by atoms with Crippen molar-refractivity contribution in [3.63, 3.8) is 0 Å². The first-order valence-electron chi connectivity index (χ1n) is 9.07. The largest absolute Gasteiger partial charge is 0.465 e. The van der Waals surface area contributed by atoms with Crippen LogP contribution < -0.4 is 5.32 Å². The van der Waals surface area contributed by atoms with Gasteiger partial charge in [-0.15, -0.1) is 11.3 Å². The van der Waals surface area contributed by atoms with Crippen LogP contribution in [-0.4, -0.2) is 42.9 Å². The number of nitrogens with one attached hydrogen (secondary N) is 1. The van der Waals surface area contributed by atoms with E-state index < -0.39 is 11.9 Å². The summed E-state index contributed by atoms with van der Waals surface area (Å²) in [6, 6.07) is 7.48. The van der Waals surface area contributed by atoms with Crippen molar-refractivity contribution in [1.29, 1.82) is 0 Å². The molecule has 1 aromatic heterocycles. The lowest BCUT2D eigenvalue weighted by atomic mass is 10.1. The molecule has 1 heterocycles. The molecule has 0 spiro atoms. The number of thiophene rings is 1. The van der Waals surface area contributed by atoms with Gasteiger partial charge in [-0.05, 0) is 50.1 Å². The molecule has 154 valence electrons. The zero-order chi connectivity index (χ0) is 21.6. The number of nitrogens with zero attached hydrogens (tertiary/aromatic N) is 1. The van der Waals surface area contributed by atoms with Crippen LogP contribution in [0.4, 0.5) is 5.00 Å². The first-order valence-corrected chi connectivity index (χ1v) is 10.7. The van der Waals surface area contributed by atoms with E-state index in [9.17, 15) is 14.4 Å². The number of carbonyl (C=O) groups excluding carboxylic acids is 3. The Morgan fingerprint density at radius 3 is 2.34 bits per heavy atom. The summed E-state index contributed by atoms with van der Waals surface area (Å²) in [5.41, 5.74) is 1.57. The molecule has 0 unspecified atom stereocenters. The van der Waals surface area contributed by atoms with Gasteiger partial charge in [0.15, 0.2) is 0 Å². The van der Waals surface area contributed by atoms with E-state index in [1.807, 2.05) is 38.1 Å². The minimum absolute atomic E-state index is 0.173. The van der Waals surface area contributed by atoms with E-state index in [-0.39, 0.29) is 11.5 Å². The van der Waals surface area contributed by atoms with E-state index in [2.05, 4.69) is 21.2 Å². The molecular weight excluding hydrogens is 456 g/mol. The molecule has 0 aliphatic heterocycles. The number of anilines is 1. The minimum atomic E-state index is -0.593. The fourth-order valence-corrected chi connectivity index (χ4v) is 4.14. The van der Waals surface area contributed by atoms with Crippen LogP contribution in [0.5, 0.6) is 0 Å². The summed E-state index contributed by atoms with van der Waals surface area (Å²) >= 11 is 4.45. The van der Waals surface area contributed by atoms with E-state index >= 15 is 0 Å². The maximum absolute atomic E-state index is 12.8. The highest BCUT2D eigenvalue weighted by Crippen LogP contribution is 2.34. The number of amides is 2. The molecule has 0 aliphatic rings. The number of rotatable bonds is 7. The Kier molecular flexibility index (Phi) is 8.16. The van der Waals surface area contributed by atoms with Crippen molar-refractivity contribution < 1.29 is 19.1 Å². The minimum Gasteiger partial charge on any atom is -0.465 e. The van der Waals surface area contributed by atoms with Gasteiger partial charge in [-0.1, -0.05) is 28.1 Å². The van der Waals surface area contributed by atoms with E-state index in [1.54, 1.807) is 17.9 Å². The molecular formula is C21H23BrN2O4S. The molecule has 2 amide bonds. The van der Waals surface area contributed by atoms with E-state index in [0.29, 0.717) is 28.5 Å². The monoisotopic (exact) mass is 478 g/mol. The van der Waals surface area contributed by atoms with E-state index in [0.717, 1.165) is 21.4 Å². The fraction of sp³-hybridized carbons (Fsp3) is 0.286. The molecule has 6 nitrogen and oxygen atoms in total. The van der Waals surface area contributed by atoms with Crippen LogP contribution in [0.1, 0.15) is 45.0 Å². The fourth-order valence-electron chi connectivity index (χ4n) is 2.71. The normalized spacial score (nSPS) is 10.8. The van der Waals surface area contributed by atoms with Crippen molar-refractivity contribution in [1.82, 2.24) is 4.90 Å². The molecule has 0 aliphatic carbocycles.